The van der Waals surface area contributed by atoms with Crippen LogP contribution in [-0.2, 0) is 5.41 Å². The summed E-state index contributed by atoms with van der Waals surface area (Å²) in [6.07, 6.45) is 1.87. The second kappa shape index (κ2) is 8.42. The summed E-state index contributed by atoms with van der Waals surface area (Å²) in [5.74, 6) is 0.821. The summed E-state index contributed by atoms with van der Waals surface area (Å²) in [4.78, 5) is 9.84. The van der Waals surface area contributed by atoms with Gasteiger partial charge in [-0.05, 0) is 52.4 Å². The zero-order chi connectivity index (χ0) is 25.9. The minimum atomic E-state index is -0.0917. The second-order valence-electron chi connectivity index (χ2n) is 10.7. The Morgan fingerprint density at radius 2 is 1.39 bits per heavy atom. The van der Waals surface area contributed by atoms with E-state index in [9.17, 15) is 0 Å². The molecule has 3 aromatic heterocycles. The number of hydrogen-bond acceptors (Lipinski definition) is 3. The van der Waals surface area contributed by atoms with Gasteiger partial charge < -0.3 is 4.42 Å². The molecule has 7 aromatic rings. The van der Waals surface area contributed by atoms with Gasteiger partial charge in [-0.15, -0.1) is 0 Å². The Morgan fingerprint density at radius 3 is 2.18 bits per heavy atom. The first kappa shape index (κ1) is 22.5. The van der Waals surface area contributed by atoms with E-state index < -0.39 is 0 Å². The smallest absolute Gasteiger partial charge is 0.178 e. The predicted octanol–water partition coefficient (Wildman–Crippen LogP) is 8.95. The number of hydrogen-bond donors (Lipinski definition) is 0. The van der Waals surface area contributed by atoms with E-state index in [4.69, 9.17) is 14.4 Å². The van der Waals surface area contributed by atoms with E-state index >= 15 is 0 Å². The van der Waals surface area contributed by atoms with E-state index in [0.29, 0.717) is 0 Å². The number of fused-ring (bicyclic) bond motifs is 4. The summed E-state index contributed by atoms with van der Waals surface area (Å²) < 4.78 is 8.68. The average molecular weight is 494 g/mol. The van der Waals surface area contributed by atoms with Crippen LogP contribution in [0.1, 0.15) is 26.3 Å². The van der Waals surface area contributed by atoms with Crippen molar-refractivity contribution in [3.8, 4) is 28.2 Å². The molecule has 0 aliphatic heterocycles. The largest absolute Gasteiger partial charge is 0.455 e. The Hall–Kier alpha value is -4.70. The van der Waals surface area contributed by atoms with Crippen molar-refractivity contribution in [2.75, 3.05) is 0 Å². The van der Waals surface area contributed by atoms with Crippen LogP contribution in [0.2, 0.25) is 0 Å². The lowest BCUT2D eigenvalue weighted by Gasteiger charge is -2.21. The van der Waals surface area contributed by atoms with Crippen LogP contribution in [0.3, 0.4) is 0 Å². The highest BCUT2D eigenvalue weighted by Crippen LogP contribution is 2.39. The fraction of sp³-hybridized carbons (Fsp3) is 0.118. The van der Waals surface area contributed by atoms with Crippen LogP contribution in [0, 0.1) is 0 Å². The molecule has 0 fully saturated rings. The van der Waals surface area contributed by atoms with Crippen LogP contribution in [0.25, 0.3) is 61.3 Å². The lowest BCUT2D eigenvalue weighted by Crippen LogP contribution is -2.13. The summed E-state index contributed by atoms with van der Waals surface area (Å²) >= 11 is 0. The Balaban J connectivity index is 1.53. The second-order valence-corrected chi connectivity index (χ2v) is 10.7. The summed E-state index contributed by atoms with van der Waals surface area (Å²) in [5.41, 5.74) is 8.92. The maximum Gasteiger partial charge on any atom is 0.178 e. The predicted molar refractivity (Wildman–Crippen MR) is 156 cm³/mol. The van der Waals surface area contributed by atoms with Gasteiger partial charge in [0.25, 0.3) is 0 Å². The van der Waals surface area contributed by atoms with Crippen LogP contribution in [0.4, 0.5) is 0 Å². The summed E-state index contributed by atoms with van der Waals surface area (Å²) in [6.45, 7) is 6.70. The van der Waals surface area contributed by atoms with Crippen molar-refractivity contribution in [1.82, 2.24) is 14.5 Å². The topological polar surface area (TPSA) is 43.9 Å². The summed E-state index contributed by atoms with van der Waals surface area (Å²) in [5, 5.41) is 2.19. The van der Waals surface area contributed by atoms with Crippen LogP contribution in [0.5, 0.6) is 0 Å². The Labute approximate surface area is 221 Å². The van der Waals surface area contributed by atoms with Gasteiger partial charge in [0, 0.05) is 22.7 Å². The first-order valence-electron chi connectivity index (χ1n) is 12.9. The number of benzene rings is 4. The number of para-hydroxylation sites is 2. The molecule has 184 valence electrons. The highest BCUT2D eigenvalue weighted by Gasteiger charge is 2.25. The lowest BCUT2D eigenvalue weighted by molar-refractivity contribution is 0.593. The summed E-state index contributed by atoms with van der Waals surface area (Å²) in [6, 6.07) is 35.7. The SMILES string of the molecule is CC(C)(C)c1ccnc2nc(-c3cccc4c3oc3ccccc34)n(-c3ccc(-c4ccccc4)cc3)c12. The molecule has 7 rings (SSSR count). The maximum atomic E-state index is 6.43. The minimum Gasteiger partial charge on any atom is -0.455 e. The molecule has 0 unspecified atom stereocenters. The molecular weight excluding hydrogens is 466 g/mol. The molecule has 0 spiro atoms. The van der Waals surface area contributed by atoms with E-state index in [2.05, 4.69) is 104 Å². The van der Waals surface area contributed by atoms with Gasteiger partial charge in [-0.2, -0.15) is 0 Å². The molecule has 0 bridgehead atoms. The number of nitrogens with zero attached hydrogens (tertiary/aromatic N) is 3. The Kier molecular flexibility index (Phi) is 4.98. The monoisotopic (exact) mass is 493 g/mol. The fourth-order valence-electron chi connectivity index (χ4n) is 5.40. The van der Waals surface area contributed by atoms with Crippen LogP contribution in [0.15, 0.2) is 114 Å². The normalized spacial score (nSPS) is 12.1. The number of imidazole rings is 1. The molecule has 0 amide bonds. The number of rotatable bonds is 3. The fourth-order valence-corrected chi connectivity index (χ4v) is 5.40. The van der Waals surface area contributed by atoms with E-state index in [1.165, 1.54) is 16.7 Å². The molecule has 4 nitrogen and oxygen atoms in total. The lowest BCUT2D eigenvalue weighted by atomic mass is 9.87. The first-order chi connectivity index (χ1) is 18.5. The highest BCUT2D eigenvalue weighted by atomic mass is 16.3. The molecule has 4 aromatic carbocycles. The minimum absolute atomic E-state index is 0.0917. The van der Waals surface area contributed by atoms with Crippen LogP contribution >= 0.6 is 0 Å². The van der Waals surface area contributed by atoms with Crippen molar-refractivity contribution in [2.45, 2.75) is 26.2 Å². The van der Waals surface area contributed by atoms with Crippen molar-refractivity contribution >= 4 is 33.1 Å². The first-order valence-corrected chi connectivity index (χ1v) is 12.9. The standard InChI is InChI=1S/C34H27N3O/c1-34(2,3)28-20-21-35-32-30(28)37(24-18-16-23(17-19-24)22-10-5-4-6-11-22)33(36-32)27-14-9-13-26-25-12-7-8-15-29(25)38-31(26)27/h4-21H,1-3H3. The zero-order valence-electron chi connectivity index (χ0n) is 21.6. The number of aromatic nitrogens is 3. The van der Waals surface area contributed by atoms with E-state index in [1.807, 2.05) is 30.5 Å². The Bertz CT molecular complexity index is 1940. The van der Waals surface area contributed by atoms with Gasteiger partial charge >= 0.3 is 0 Å². The summed E-state index contributed by atoms with van der Waals surface area (Å²) in [7, 11) is 0. The third-order valence-corrected chi connectivity index (χ3v) is 7.24. The molecular formula is C34H27N3O. The van der Waals surface area contributed by atoms with Gasteiger partial charge in [-0.25, -0.2) is 9.97 Å². The van der Waals surface area contributed by atoms with Crippen molar-refractivity contribution in [2.24, 2.45) is 0 Å². The molecule has 38 heavy (non-hydrogen) atoms. The molecule has 3 heterocycles. The molecule has 0 aliphatic rings. The van der Waals surface area contributed by atoms with Gasteiger partial charge in [0.1, 0.15) is 11.2 Å². The quantitative estimate of drug-likeness (QED) is 0.247. The van der Waals surface area contributed by atoms with Crippen molar-refractivity contribution in [3.63, 3.8) is 0 Å². The molecule has 4 heteroatoms. The van der Waals surface area contributed by atoms with Gasteiger partial charge in [0.2, 0.25) is 0 Å². The van der Waals surface area contributed by atoms with Crippen molar-refractivity contribution in [1.29, 1.82) is 0 Å². The zero-order valence-corrected chi connectivity index (χ0v) is 21.6. The molecule has 0 radical (unpaired) electrons. The molecule has 0 saturated carbocycles. The molecule has 0 N–H and O–H groups in total. The Morgan fingerprint density at radius 1 is 0.684 bits per heavy atom. The maximum absolute atomic E-state index is 6.43. The van der Waals surface area contributed by atoms with E-state index in [0.717, 1.165) is 50.2 Å². The average Bonchev–Trinajstić information content (AvgIpc) is 3.52. The van der Waals surface area contributed by atoms with E-state index in [-0.39, 0.29) is 5.41 Å². The van der Waals surface area contributed by atoms with Crippen LogP contribution < -0.4 is 0 Å². The highest BCUT2D eigenvalue weighted by molar-refractivity contribution is 6.09. The third-order valence-electron chi connectivity index (χ3n) is 7.24. The molecule has 0 saturated heterocycles. The van der Waals surface area contributed by atoms with E-state index in [1.54, 1.807) is 0 Å². The number of pyridine rings is 1. The van der Waals surface area contributed by atoms with Gasteiger partial charge in [-0.3, -0.25) is 4.57 Å². The van der Waals surface area contributed by atoms with Gasteiger partial charge in [-0.1, -0.05) is 93.6 Å². The van der Waals surface area contributed by atoms with Gasteiger partial charge in [0.15, 0.2) is 11.5 Å². The van der Waals surface area contributed by atoms with Crippen molar-refractivity contribution < 1.29 is 4.42 Å². The molecule has 0 atom stereocenters. The molecule has 0 aliphatic carbocycles. The third kappa shape index (κ3) is 3.52. The van der Waals surface area contributed by atoms with Gasteiger partial charge in [0.05, 0.1) is 11.1 Å². The van der Waals surface area contributed by atoms with Crippen LogP contribution in [-0.4, -0.2) is 14.5 Å². The van der Waals surface area contributed by atoms with Crippen molar-refractivity contribution in [3.05, 3.63) is 115 Å². The number of furan rings is 1.